The average Bonchev–Trinajstić information content (AvgIpc) is 3.41. The van der Waals surface area contributed by atoms with Gasteiger partial charge in [0.1, 0.15) is 5.69 Å². The molecule has 0 radical (unpaired) electrons. The summed E-state index contributed by atoms with van der Waals surface area (Å²) in [7, 11) is 0. The number of carbonyl (C=O) groups is 2. The molecule has 0 spiro atoms. The molecule has 0 bridgehead atoms. The van der Waals surface area contributed by atoms with Gasteiger partial charge in [-0.05, 0) is 35.7 Å². The van der Waals surface area contributed by atoms with Gasteiger partial charge in [0.25, 0.3) is 5.91 Å². The standard InChI is InChI=1S/C24H24N4O4/c25-22-14-20(26-32-22)18-3-1-2-17(12-18)15-4-6-16(7-5-15)23(30)27-8-10-28(11-9-27)24(31)19-13-21(19)29/h1-7,12,14,19,21,29H,8-11,13,25H2. The van der Waals surface area contributed by atoms with Crippen molar-refractivity contribution in [3.63, 3.8) is 0 Å². The number of hydrogen-bond acceptors (Lipinski definition) is 6. The van der Waals surface area contributed by atoms with Crippen molar-refractivity contribution in [2.24, 2.45) is 5.92 Å². The normalized spacial score (nSPS) is 20.3. The number of carbonyl (C=O) groups excluding carboxylic acids is 2. The van der Waals surface area contributed by atoms with Crippen molar-refractivity contribution >= 4 is 17.7 Å². The van der Waals surface area contributed by atoms with E-state index in [4.69, 9.17) is 10.3 Å². The molecule has 3 N–H and O–H groups in total. The number of anilines is 1. The number of rotatable bonds is 4. The zero-order chi connectivity index (χ0) is 22.2. The van der Waals surface area contributed by atoms with E-state index in [2.05, 4.69) is 5.16 Å². The number of aromatic nitrogens is 1. The molecule has 8 nitrogen and oxygen atoms in total. The summed E-state index contributed by atoms with van der Waals surface area (Å²) in [6.07, 6.45) is 0.0651. The third-order valence-corrected chi connectivity index (χ3v) is 6.10. The highest BCUT2D eigenvalue weighted by atomic mass is 16.5. The van der Waals surface area contributed by atoms with E-state index in [-0.39, 0.29) is 23.6 Å². The summed E-state index contributed by atoms with van der Waals surface area (Å²) in [5, 5.41) is 13.4. The number of nitrogens with two attached hydrogens (primary N) is 1. The Morgan fingerprint density at radius 3 is 2.22 bits per heavy atom. The number of aliphatic hydroxyl groups excluding tert-OH is 1. The lowest BCUT2D eigenvalue weighted by Crippen LogP contribution is -2.51. The van der Waals surface area contributed by atoms with E-state index in [0.29, 0.717) is 43.9 Å². The molecule has 1 aromatic heterocycles. The van der Waals surface area contributed by atoms with Crippen LogP contribution in [0.4, 0.5) is 5.88 Å². The van der Waals surface area contributed by atoms with Crippen molar-refractivity contribution < 1.29 is 19.2 Å². The smallest absolute Gasteiger partial charge is 0.253 e. The fraction of sp³-hybridized carbons (Fsp3) is 0.292. The zero-order valence-electron chi connectivity index (χ0n) is 17.5. The van der Waals surface area contributed by atoms with Crippen molar-refractivity contribution in [1.29, 1.82) is 0 Å². The Hall–Kier alpha value is -3.65. The second-order valence-electron chi connectivity index (χ2n) is 8.30. The van der Waals surface area contributed by atoms with Crippen LogP contribution in [0.1, 0.15) is 16.8 Å². The van der Waals surface area contributed by atoms with Gasteiger partial charge in [-0.3, -0.25) is 9.59 Å². The number of hydrogen-bond donors (Lipinski definition) is 2. The van der Waals surface area contributed by atoms with Crippen molar-refractivity contribution in [1.82, 2.24) is 15.0 Å². The van der Waals surface area contributed by atoms with Crippen molar-refractivity contribution in [2.45, 2.75) is 12.5 Å². The van der Waals surface area contributed by atoms with Gasteiger partial charge < -0.3 is 25.2 Å². The highest BCUT2D eigenvalue weighted by Crippen LogP contribution is 2.32. The Morgan fingerprint density at radius 2 is 1.59 bits per heavy atom. The van der Waals surface area contributed by atoms with Crippen LogP contribution in [0, 0.1) is 5.92 Å². The molecule has 5 rings (SSSR count). The molecule has 1 saturated heterocycles. The van der Waals surface area contributed by atoms with Crippen molar-refractivity contribution in [2.75, 3.05) is 31.9 Å². The van der Waals surface area contributed by atoms with Gasteiger partial charge in [0.2, 0.25) is 11.8 Å². The first-order chi connectivity index (χ1) is 15.5. The molecule has 164 valence electrons. The third kappa shape index (κ3) is 3.97. The summed E-state index contributed by atoms with van der Waals surface area (Å²) in [6, 6.07) is 17.1. The monoisotopic (exact) mass is 432 g/mol. The molecular formula is C24H24N4O4. The second-order valence-corrected chi connectivity index (χ2v) is 8.30. The zero-order valence-corrected chi connectivity index (χ0v) is 17.5. The maximum atomic E-state index is 12.9. The Balaban J connectivity index is 1.24. The van der Waals surface area contributed by atoms with Gasteiger partial charge in [-0.15, -0.1) is 0 Å². The van der Waals surface area contributed by atoms with E-state index in [1.54, 1.807) is 15.9 Å². The fourth-order valence-corrected chi connectivity index (χ4v) is 4.08. The number of benzene rings is 2. The first-order valence-electron chi connectivity index (χ1n) is 10.7. The van der Waals surface area contributed by atoms with E-state index in [0.717, 1.165) is 16.7 Å². The fourth-order valence-electron chi connectivity index (χ4n) is 4.08. The van der Waals surface area contributed by atoms with E-state index >= 15 is 0 Å². The summed E-state index contributed by atoms with van der Waals surface area (Å²) in [5.74, 6) is -0.0139. The maximum absolute atomic E-state index is 12.9. The van der Waals surface area contributed by atoms with Gasteiger partial charge in [0.05, 0.1) is 12.0 Å². The van der Waals surface area contributed by atoms with Crippen LogP contribution in [0.5, 0.6) is 0 Å². The van der Waals surface area contributed by atoms with Gasteiger partial charge in [0, 0.05) is 43.4 Å². The number of nitrogen functional groups attached to an aromatic ring is 1. The van der Waals surface area contributed by atoms with Crippen molar-refractivity contribution in [3.05, 3.63) is 60.2 Å². The van der Waals surface area contributed by atoms with E-state index in [1.165, 1.54) is 0 Å². The second kappa shape index (κ2) is 8.12. The lowest BCUT2D eigenvalue weighted by atomic mass is 10.0. The third-order valence-electron chi connectivity index (χ3n) is 6.10. The van der Waals surface area contributed by atoms with Crippen molar-refractivity contribution in [3.8, 4) is 22.4 Å². The van der Waals surface area contributed by atoms with Gasteiger partial charge >= 0.3 is 0 Å². The minimum Gasteiger partial charge on any atom is -0.392 e. The molecule has 1 saturated carbocycles. The van der Waals surface area contributed by atoms with Crippen LogP contribution < -0.4 is 5.73 Å². The minimum absolute atomic E-state index is 0.00416. The predicted octanol–water partition coefficient (Wildman–Crippen LogP) is 2.26. The number of nitrogens with zero attached hydrogens (tertiary/aromatic N) is 3. The largest absolute Gasteiger partial charge is 0.392 e. The Bertz CT molecular complexity index is 1150. The molecule has 2 aliphatic rings. The topological polar surface area (TPSA) is 113 Å². The lowest BCUT2D eigenvalue weighted by molar-refractivity contribution is -0.134. The molecular weight excluding hydrogens is 408 g/mol. The Labute approximate surface area is 185 Å². The maximum Gasteiger partial charge on any atom is 0.253 e. The van der Waals surface area contributed by atoms with Gasteiger partial charge in [-0.2, -0.15) is 0 Å². The van der Waals surface area contributed by atoms with E-state index < -0.39 is 6.10 Å². The summed E-state index contributed by atoms with van der Waals surface area (Å²) in [6.45, 7) is 2.01. The highest BCUT2D eigenvalue weighted by molar-refractivity contribution is 5.95. The van der Waals surface area contributed by atoms with Crippen LogP contribution in [0.25, 0.3) is 22.4 Å². The SMILES string of the molecule is Nc1cc(-c2cccc(-c3ccc(C(=O)N4CCN(C(=O)C5CC5O)CC4)cc3)c2)no1. The number of amides is 2. The Kier molecular flexibility index (Phi) is 5.14. The minimum atomic E-state index is -0.490. The van der Waals surface area contributed by atoms with Crippen LogP contribution in [0.3, 0.4) is 0 Å². The van der Waals surface area contributed by atoms with Gasteiger partial charge in [0.15, 0.2) is 0 Å². The van der Waals surface area contributed by atoms with E-state index in [9.17, 15) is 14.7 Å². The predicted molar refractivity (Wildman–Crippen MR) is 118 cm³/mol. The summed E-state index contributed by atoms with van der Waals surface area (Å²) in [5.41, 5.74) is 9.79. The van der Waals surface area contributed by atoms with E-state index in [1.807, 2.05) is 48.5 Å². The molecule has 8 heteroatoms. The first kappa shape index (κ1) is 20.3. The molecule has 1 aliphatic heterocycles. The Morgan fingerprint density at radius 1 is 0.938 bits per heavy atom. The number of aliphatic hydroxyl groups is 1. The molecule has 2 heterocycles. The molecule has 32 heavy (non-hydrogen) atoms. The quantitative estimate of drug-likeness (QED) is 0.654. The number of piperazine rings is 1. The van der Waals surface area contributed by atoms with Gasteiger partial charge in [-0.25, -0.2) is 0 Å². The summed E-state index contributed by atoms with van der Waals surface area (Å²) >= 11 is 0. The molecule has 1 aliphatic carbocycles. The molecule has 2 aromatic carbocycles. The summed E-state index contributed by atoms with van der Waals surface area (Å²) in [4.78, 5) is 28.7. The molecule has 2 atom stereocenters. The average molecular weight is 432 g/mol. The highest BCUT2D eigenvalue weighted by Gasteiger charge is 2.44. The van der Waals surface area contributed by atoms with Crippen LogP contribution in [-0.4, -0.2) is 64.2 Å². The first-order valence-corrected chi connectivity index (χ1v) is 10.7. The van der Waals surface area contributed by atoms with Crippen LogP contribution in [0.2, 0.25) is 0 Å². The molecule has 2 fully saturated rings. The summed E-state index contributed by atoms with van der Waals surface area (Å²) < 4.78 is 4.96. The van der Waals surface area contributed by atoms with Crippen LogP contribution in [0.15, 0.2) is 59.1 Å². The lowest BCUT2D eigenvalue weighted by Gasteiger charge is -2.35. The molecule has 2 unspecified atom stereocenters. The molecule has 2 amide bonds. The molecule has 3 aromatic rings. The van der Waals surface area contributed by atoms with Crippen LogP contribution in [-0.2, 0) is 4.79 Å². The van der Waals surface area contributed by atoms with Gasteiger partial charge in [-0.1, -0.05) is 35.5 Å². The van der Waals surface area contributed by atoms with Crippen LogP contribution >= 0.6 is 0 Å².